The number of nitrogens with one attached hydrogen (secondary N) is 1. The summed E-state index contributed by atoms with van der Waals surface area (Å²) >= 11 is 0. The van der Waals surface area contributed by atoms with E-state index in [9.17, 15) is 9.59 Å². The summed E-state index contributed by atoms with van der Waals surface area (Å²) in [6, 6.07) is 3.25. The maximum Gasteiger partial charge on any atom is 0.286 e. The third kappa shape index (κ3) is 3.76. The fourth-order valence-electron chi connectivity index (χ4n) is 1.16. The van der Waals surface area contributed by atoms with Crippen LogP contribution in [0.5, 0.6) is 0 Å². The zero-order valence-corrected chi connectivity index (χ0v) is 9.53. The van der Waals surface area contributed by atoms with Crippen molar-refractivity contribution in [2.24, 2.45) is 0 Å². The first-order valence-corrected chi connectivity index (χ1v) is 5.13. The number of nitrogens with zero attached hydrogens (tertiary/aromatic N) is 1. The van der Waals surface area contributed by atoms with Crippen molar-refractivity contribution in [3.8, 4) is 0 Å². The van der Waals surface area contributed by atoms with Crippen molar-refractivity contribution in [3.05, 3.63) is 24.2 Å². The molecule has 1 rings (SSSR count). The van der Waals surface area contributed by atoms with Gasteiger partial charge < -0.3 is 14.6 Å². The van der Waals surface area contributed by atoms with Crippen LogP contribution in [0.3, 0.4) is 0 Å². The highest BCUT2D eigenvalue weighted by atomic mass is 16.3. The molecule has 0 unspecified atom stereocenters. The average molecular weight is 224 g/mol. The largest absolute Gasteiger partial charge is 0.459 e. The molecule has 1 aromatic rings. The van der Waals surface area contributed by atoms with Crippen molar-refractivity contribution in [3.63, 3.8) is 0 Å². The van der Waals surface area contributed by atoms with Gasteiger partial charge in [-0.2, -0.15) is 0 Å². The Labute approximate surface area is 94.4 Å². The Kier molecular flexibility index (Phi) is 4.57. The van der Waals surface area contributed by atoms with Gasteiger partial charge in [0.25, 0.3) is 5.91 Å². The highest BCUT2D eigenvalue weighted by molar-refractivity contribution is 5.91. The van der Waals surface area contributed by atoms with Gasteiger partial charge in [-0.1, -0.05) is 0 Å². The van der Waals surface area contributed by atoms with Crippen molar-refractivity contribution in [1.82, 2.24) is 10.2 Å². The highest BCUT2D eigenvalue weighted by Gasteiger charge is 2.08. The van der Waals surface area contributed by atoms with E-state index in [1.807, 2.05) is 0 Å². The van der Waals surface area contributed by atoms with E-state index in [1.54, 1.807) is 26.2 Å². The molecule has 16 heavy (non-hydrogen) atoms. The predicted molar refractivity (Wildman–Crippen MR) is 59.0 cm³/mol. The third-order valence-electron chi connectivity index (χ3n) is 2.10. The molecule has 0 atom stereocenters. The lowest BCUT2D eigenvalue weighted by Crippen LogP contribution is -2.26. The van der Waals surface area contributed by atoms with E-state index in [4.69, 9.17) is 4.42 Å². The first-order chi connectivity index (χ1) is 7.61. The maximum atomic E-state index is 11.4. The molecule has 0 aliphatic carbocycles. The summed E-state index contributed by atoms with van der Waals surface area (Å²) in [4.78, 5) is 24.1. The minimum atomic E-state index is -0.248. The van der Waals surface area contributed by atoms with Crippen molar-refractivity contribution in [2.75, 3.05) is 20.6 Å². The number of hydrogen-bond acceptors (Lipinski definition) is 3. The minimum Gasteiger partial charge on any atom is -0.459 e. The number of carbonyl (C=O) groups is 2. The molecule has 88 valence electrons. The summed E-state index contributed by atoms with van der Waals surface area (Å²) in [7, 11) is 3.42. The summed E-state index contributed by atoms with van der Waals surface area (Å²) < 4.78 is 4.92. The lowest BCUT2D eigenvalue weighted by Gasteiger charge is -2.09. The van der Waals surface area contributed by atoms with Gasteiger partial charge in [-0.25, -0.2) is 0 Å². The van der Waals surface area contributed by atoms with Gasteiger partial charge in [0.1, 0.15) is 0 Å². The second-order valence-electron chi connectivity index (χ2n) is 3.62. The zero-order valence-electron chi connectivity index (χ0n) is 9.53. The molecule has 0 radical (unpaired) electrons. The Hall–Kier alpha value is -1.78. The monoisotopic (exact) mass is 224 g/mol. The standard InChI is InChI=1S/C11H16N2O3/c1-13(2)10(14)6-3-7-12-11(15)9-5-4-8-16-9/h4-5,8H,3,6-7H2,1-2H3,(H,12,15). The molecule has 1 aromatic heterocycles. The van der Waals surface area contributed by atoms with Crippen LogP contribution in [0.25, 0.3) is 0 Å². The third-order valence-corrected chi connectivity index (χ3v) is 2.10. The molecule has 0 aliphatic heterocycles. The SMILES string of the molecule is CN(C)C(=O)CCCNC(=O)c1ccco1. The van der Waals surface area contributed by atoms with Crippen LogP contribution < -0.4 is 5.32 Å². The van der Waals surface area contributed by atoms with Crippen molar-refractivity contribution >= 4 is 11.8 Å². The topological polar surface area (TPSA) is 62.6 Å². The van der Waals surface area contributed by atoms with E-state index in [2.05, 4.69) is 5.32 Å². The first kappa shape index (κ1) is 12.3. The van der Waals surface area contributed by atoms with Crippen LogP contribution in [-0.4, -0.2) is 37.4 Å². The molecule has 1 N–H and O–H groups in total. The molecule has 0 bridgehead atoms. The summed E-state index contributed by atoms with van der Waals surface area (Å²) in [5.74, 6) is 0.105. The van der Waals surface area contributed by atoms with Crippen LogP contribution in [0.15, 0.2) is 22.8 Å². The van der Waals surface area contributed by atoms with Gasteiger partial charge in [-0.3, -0.25) is 9.59 Å². The Balaban J connectivity index is 2.17. The van der Waals surface area contributed by atoms with Gasteiger partial charge in [-0.15, -0.1) is 0 Å². The average Bonchev–Trinajstić information content (AvgIpc) is 2.76. The van der Waals surface area contributed by atoms with Gasteiger partial charge in [0, 0.05) is 27.1 Å². The lowest BCUT2D eigenvalue weighted by atomic mass is 10.3. The fourth-order valence-corrected chi connectivity index (χ4v) is 1.16. The Morgan fingerprint density at radius 2 is 2.19 bits per heavy atom. The van der Waals surface area contributed by atoms with Gasteiger partial charge in [0.15, 0.2) is 5.76 Å². The van der Waals surface area contributed by atoms with Gasteiger partial charge in [0.2, 0.25) is 5.91 Å². The molecule has 1 heterocycles. The fraction of sp³-hybridized carbons (Fsp3) is 0.455. The van der Waals surface area contributed by atoms with Crippen molar-refractivity contribution in [1.29, 1.82) is 0 Å². The summed E-state index contributed by atoms with van der Waals surface area (Å²) in [6.45, 7) is 0.471. The number of carbonyl (C=O) groups excluding carboxylic acids is 2. The van der Waals surface area contributed by atoms with Crippen LogP contribution in [0.2, 0.25) is 0 Å². The van der Waals surface area contributed by atoms with Crippen LogP contribution in [0, 0.1) is 0 Å². The van der Waals surface area contributed by atoms with Crippen LogP contribution >= 0.6 is 0 Å². The van der Waals surface area contributed by atoms with E-state index in [0.717, 1.165) is 0 Å². The molecule has 0 aromatic carbocycles. The van der Waals surface area contributed by atoms with E-state index < -0.39 is 0 Å². The molecule has 5 heteroatoms. The maximum absolute atomic E-state index is 11.4. The van der Waals surface area contributed by atoms with Crippen LogP contribution in [-0.2, 0) is 4.79 Å². The Bertz CT molecular complexity index is 344. The number of furan rings is 1. The second kappa shape index (κ2) is 5.95. The lowest BCUT2D eigenvalue weighted by molar-refractivity contribution is -0.128. The summed E-state index contributed by atoms with van der Waals surface area (Å²) in [5, 5.41) is 2.68. The molecule has 0 fully saturated rings. The van der Waals surface area contributed by atoms with Gasteiger partial charge in [-0.05, 0) is 18.6 Å². The smallest absolute Gasteiger partial charge is 0.286 e. The minimum absolute atomic E-state index is 0.0623. The van der Waals surface area contributed by atoms with Crippen LogP contribution in [0.4, 0.5) is 0 Å². The number of rotatable bonds is 5. The molecular formula is C11H16N2O3. The van der Waals surface area contributed by atoms with Gasteiger partial charge >= 0.3 is 0 Å². The molecular weight excluding hydrogens is 208 g/mol. The first-order valence-electron chi connectivity index (χ1n) is 5.13. The highest BCUT2D eigenvalue weighted by Crippen LogP contribution is 1.99. The van der Waals surface area contributed by atoms with E-state index in [1.165, 1.54) is 11.2 Å². The molecule has 0 saturated carbocycles. The van der Waals surface area contributed by atoms with Crippen LogP contribution in [0.1, 0.15) is 23.4 Å². The zero-order chi connectivity index (χ0) is 12.0. The number of hydrogen-bond donors (Lipinski definition) is 1. The Morgan fingerprint density at radius 3 is 2.75 bits per heavy atom. The van der Waals surface area contributed by atoms with E-state index >= 15 is 0 Å². The molecule has 5 nitrogen and oxygen atoms in total. The quantitative estimate of drug-likeness (QED) is 0.755. The van der Waals surface area contributed by atoms with E-state index in [0.29, 0.717) is 25.1 Å². The van der Waals surface area contributed by atoms with Crippen molar-refractivity contribution < 1.29 is 14.0 Å². The molecule has 2 amide bonds. The number of amides is 2. The molecule has 0 spiro atoms. The van der Waals surface area contributed by atoms with Gasteiger partial charge in [0.05, 0.1) is 6.26 Å². The normalized spacial score (nSPS) is 9.88. The summed E-state index contributed by atoms with van der Waals surface area (Å²) in [6.07, 6.45) is 2.51. The molecule has 0 saturated heterocycles. The second-order valence-corrected chi connectivity index (χ2v) is 3.62. The Morgan fingerprint density at radius 1 is 1.44 bits per heavy atom. The summed E-state index contributed by atoms with van der Waals surface area (Å²) in [5.41, 5.74) is 0. The van der Waals surface area contributed by atoms with Crippen molar-refractivity contribution in [2.45, 2.75) is 12.8 Å². The molecule has 0 aliphatic rings. The predicted octanol–water partition coefficient (Wildman–Crippen LogP) is 0.878. The van der Waals surface area contributed by atoms with E-state index in [-0.39, 0.29) is 11.8 Å².